The van der Waals surface area contributed by atoms with E-state index < -0.39 is 9.84 Å². The molecule has 2 heterocycles. The summed E-state index contributed by atoms with van der Waals surface area (Å²) in [6.07, 6.45) is 0. The van der Waals surface area contributed by atoms with E-state index in [9.17, 15) is 13.2 Å². The van der Waals surface area contributed by atoms with Gasteiger partial charge in [-0.15, -0.1) is 0 Å². The Morgan fingerprint density at radius 2 is 1.96 bits per heavy atom. The highest BCUT2D eigenvalue weighted by Gasteiger charge is 2.46. The third-order valence-corrected chi connectivity index (χ3v) is 6.58. The van der Waals surface area contributed by atoms with Gasteiger partial charge in [-0.1, -0.05) is 11.6 Å². The van der Waals surface area contributed by atoms with Crippen molar-refractivity contribution in [3.63, 3.8) is 0 Å². The summed E-state index contributed by atoms with van der Waals surface area (Å²) >= 11 is 5.93. The van der Waals surface area contributed by atoms with Crippen molar-refractivity contribution in [1.82, 2.24) is 9.80 Å². The van der Waals surface area contributed by atoms with Gasteiger partial charge >= 0.3 is 6.03 Å². The van der Waals surface area contributed by atoms with Gasteiger partial charge in [-0.05, 0) is 37.7 Å². The molecule has 2 atom stereocenters. The first-order valence-electron chi connectivity index (χ1n) is 7.51. The molecule has 0 radical (unpaired) electrons. The number of carbonyl (C=O) groups is 1. The van der Waals surface area contributed by atoms with E-state index in [1.807, 2.05) is 18.9 Å². The standard InChI is InChI=1S/C15H20ClN3O3S/c1-10-7-11(16)3-4-12(10)17-15(20)19-6-5-18(2)13-8-23(21,22)9-14(13)19/h3-4,7,13-14H,5-6,8-9H2,1-2H3,(H,17,20)/t13-,14+/m0/s1. The fourth-order valence-corrected chi connectivity index (χ4v) is 5.61. The van der Waals surface area contributed by atoms with E-state index in [-0.39, 0.29) is 29.6 Å². The van der Waals surface area contributed by atoms with Gasteiger partial charge < -0.3 is 10.2 Å². The normalized spacial score (nSPS) is 26.8. The lowest BCUT2D eigenvalue weighted by molar-refractivity contribution is 0.0892. The van der Waals surface area contributed by atoms with Crippen molar-refractivity contribution in [2.24, 2.45) is 0 Å². The minimum atomic E-state index is -3.10. The predicted molar refractivity (Wildman–Crippen MR) is 90.8 cm³/mol. The maximum absolute atomic E-state index is 12.6. The second-order valence-electron chi connectivity index (χ2n) is 6.27. The van der Waals surface area contributed by atoms with Gasteiger partial charge in [0.25, 0.3) is 0 Å². The number of rotatable bonds is 1. The third kappa shape index (κ3) is 3.32. The second-order valence-corrected chi connectivity index (χ2v) is 8.87. The molecule has 0 unspecified atom stereocenters. The van der Waals surface area contributed by atoms with Gasteiger partial charge in [-0.2, -0.15) is 0 Å². The molecule has 1 aromatic rings. The zero-order valence-corrected chi connectivity index (χ0v) is 14.7. The maximum atomic E-state index is 12.6. The van der Waals surface area contributed by atoms with Gasteiger partial charge in [0.1, 0.15) is 0 Å². The van der Waals surface area contributed by atoms with Crippen molar-refractivity contribution in [1.29, 1.82) is 0 Å². The van der Waals surface area contributed by atoms with Crippen LogP contribution in [0.4, 0.5) is 10.5 Å². The Labute approximate surface area is 141 Å². The highest BCUT2D eigenvalue weighted by atomic mass is 35.5. The number of hydrogen-bond acceptors (Lipinski definition) is 4. The SMILES string of the molecule is Cc1cc(Cl)ccc1NC(=O)N1CCN(C)[C@H]2CS(=O)(=O)C[C@H]21. The lowest BCUT2D eigenvalue weighted by atomic mass is 10.1. The topological polar surface area (TPSA) is 69.7 Å². The average molecular weight is 358 g/mol. The summed E-state index contributed by atoms with van der Waals surface area (Å²) in [5.74, 6) is 0.160. The van der Waals surface area contributed by atoms with E-state index in [2.05, 4.69) is 5.32 Å². The van der Waals surface area contributed by atoms with Crippen molar-refractivity contribution in [2.75, 3.05) is 37.0 Å². The number of amides is 2. The first-order valence-corrected chi connectivity index (χ1v) is 9.71. The van der Waals surface area contributed by atoms with E-state index >= 15 is 0 Å². The molecule has 2 fully saturated rings. The van der Waals surface area contributed by atoms with Crippen LogP contribution in [0.2, 0.25) is 5.02 Å². The third-order valence-electron chi connectivity index (χ3n) is 4.64. The second kappa shape index (κ2) is 5.96. The summed E-state index contributed by atoms with van der Waals surface area (Å²) < 4.78 is 23.9. The first-order chi connectivity index (χ1) is 10.8. The summed E-state index contributed by atoms with van der Waals surface area (Å²) in [5, 5.41) is 3.49. The molecule has 2 saturated heterocycles. The Balaban J connectivity index is 1.79. The molecule has 6 nitrogen and oxygen atoms in total. The van der Waals surface area contributed by atoms with Gasteiger partial charge in [0, 0.05) is 29.8 Å². The molecule has 0 bridgehead atoms. The molecule has 126 valence electrons. The molecule has 3 rings (SSSR count). The minimum absolute atomic E-state index is 0.0367. The van der Waals surface area contributed by atoms with Crippen molar-refractivity contribution in [2.45, 2.75) is 19.0 Å². The number of halogens is 1. The van der Waals surface area contributed by atoms with E-state index in [1.54, 1.807) is 23.1 Å². The number of nitrogens with zero attached hydrogens (tertiary/aromatic N) is 2. The van der Waals surface area contributed by atoms with Crippen LogP contribution in [0.1, 0.15) is 5.56 Å². The summed E-state index contributed by atoms with van der Waals surface area (Å²) in [5.41, 5.74) is 1.56. The number of benzene rings is 1. The van der Waals surface area contributed by atoms with Crippen LogP contribution in [0.5, 0.6) is 0 Å². The predicted octanol–water partition coefficient (Wildman–Crippen LogP) is 1.59. The zero-order chi connectivity index (χ0) is 16.8. The largest absolute Gasteiger partial charge is 0.322 e. The Morgan fingerprint density at radius 1 is 1.26 bits per heavy atom. The number of likely N-dealkylation sites (N-methyl/N-ethyl adjacent to an activating group) is 1. The fraction of sp³-hybridized carbons (Fsp3) is 0.533. The van der Waals surface area contributed by atoms with Crippen LogP contribution in [-0.4, -0.2) is 68.0 Å². The Hall–Kier alpha value is -1.31. The number of urea groups is 1. The Kier molecular flexibility index (Phi) is 4.29. The molecular weight excluding hydrogens is 338 g/mol. The Morgan fingerprint density at radius 3 is 2.65 bits per heavy atom. The van der Waals surface area contributed by atoms with Crippen molar-refractivity contribution >= 4 is 33.2 Å². The van der Waals surface area contributed by atoms with E-state index in [4.69, 9.17) is 11.6 Å². The molecule has 0 aliphatic carbocycles. The lowest BCUT2D eigenvalue weighted by Gasteiger charge is -2.42. The quantitative estimate of drug-likeness (QED) is 0.828. The number of anilines is 1. The lowest BCUT2D eigenvalue weighted by Crippen LogP contribution is -2.60. The smallest absolute Gasteiger partial charge is 0.318 e. The monoisotopic (exact) mass is 357 g/mol. The number of sulfone groups is 1. The highest BCUT2D eigenvalue weighted by Crippen LogP contribution is 2.27. The van der Waals surface area contributed by atoms with Crippen LogP contribution in [0, 0.1) is 6.92 Å². The van der Waals surface area contributed by atoms with Gasteiger partial charge in [-0.3, -0.25) is 4.90 Å². The molecule has 0 saturated carbocycles. The number of piperazine rings is 1. The molecule has 2 aliphatic heterocycles. The summed E-state index contributed by atoms with van der Waals surface area (Å²) in [7, 11) is -1.18. The van der Waals surface area contributed by atoms with Gasteiger partial charge in [0.05, 0.1) is 17.5 Å². The van der Waals surface area contributed by atoms with Crippen molar-refractivity contribution in [3.8, 4) is 0 Å². The molecular formula is C15H20ClN3O3S. The molecule has 0 aromatic heterocycles. The molecule has 2 amide bonds. The average Bonchev–Trinajstić information content (AvgIpc) is 2.78. The minimum Gasteiger partial charge on any atom is -0.318 e. The van der Waals surface area contributed by atoms with Crippen LogP contribution in [0.25, 0.3) is 0 Å². The molecule has 1 N–H and O–H groups in total. The molecule has 2 aliphatic rings. The number of aryl methyl sites for hydroxylation is 1. The van der Waals surface area contributed by atoms with Crippen LogP contribution < -0.4 is 5.32 Å². The van der Waals surface area contributed by atoms with Crippen molar-refractivity contribution in [3.05, 3.63) is 28.8 Å². The van der Waals surface area contributed by atoms with Crippen LogP contribution >= 0.6 is 11.6 Å². The summed E-state index contributed by atoms with van der Waals surface area (Å²) in [6, 6.07) is 4.60. The summed E-state index contributed by atoms with van der Waals surface area (Å²) in [6.45, 7) is 3.06. The Bertz CT molecular complexity index is 737. The van der Waals surface area contributed by atoms with Gasteiger partial charge in [0.2, 0.25) is 0 Å². The molecule has 23 heavy (non-hydrogen) atoms. The van der Waals surface area contributed by atoms with Crippen LogP contribution in [-0.2, 0) is 9.84 Å². The van der Waals surface area contributed by atoms with Crippen LogP contribution in [0.3, 0.4) is 0 Å². The summed E-state index contributed by atoms with van der Waals surface area (Å²) in [4.78, 5) is 16.3. The zero-order valence-electron chi connectivity index (χ0n) is 13.1. The van der Waals surface area contributed by atoms with E-state index in [0.29, 0.717) is 23.8 Å². The highest BCUT2D eigenvalue weighted by molar-refractivity contribution is 7.91. The van der Waals surface area contributed by atoms with Gasteiger partial charge in [-0.25, -0.2) is 13.2 Å². The molecule has 1 aromatic carbocycles. The van der Waals surface area contributed by atoms with Crippen molar-refractivity contribution < 1.29 is 13.2 Å². The number of nitrogens with one attached hydrogen (secondary N) is 1. The van der Waals surface area contributed by atoms with Gasteiger partial charge in [0.15, 0.2) is 9.84 Å². The first kappa shape index (κ1) is 16.5. The maximum Gasteiger partial charge on any atom is 0.322 e. The van der Waals surface area contributed by atoms with E-state index in [1.165, 1.54) is 0 Å². The van der Waals surface area contributed by atoms with E-state index in [0.717, 1.165) is 5.56 Å². The molecule has 8 heteroatoms. The molecule has 0 spiro atoms. The van der Waals surface area contributed by atoms with Crippen LogP contribution in [0.15, 0.2) is 18.2 Å². The number of carbonyl (C=O) groups excluding carboxylic acids is 1. The fourth-order valence-electron chi connectivity index (χ4n) is 3.33. The number of hydrogen-bond donors (Lipinski definition) is 1. The number of fused-ring (bicyclic) bond motifs is 1.